The predicted octanol–water partition coefficient (Wildman–Crippen LogP) is 3.11. The van der Waals surface area contributed by atoms with Crippen molar-refractivity contribution >= 4 is 17.5 Å². The summed E-state index contributed by atoms with van der Waals surface area (Å²) in [5, 5.41) is 5.94. The zero-order valence-electron chi connectivity index (χ0n) is 14.5. The summed E-state index contributed by atoms with van der Waals surface area (Å²) in [5.41, 5.74) is 1.99. The van der Waals surface area contributed by atoms with Gasteiger partial charge >= 0.3 is 0 Å². The van der Waals surface area contributed by atoms with Crippen molar-refractivity contribution in [1.29, 1.82) is 0 Å². The molecule has 0 bridgehead atoms. The molecule has 2 aromatic carbocycles. The van der Waals surface area contributed by atoms with Gasteiger partial charge < -0.3 is 20.1 Å². The zero-order chi connectivity index (χ0) is 18.5. The van der Waals surface area contributed by atoms with Crippen LogP contribution in [0.2, 0.25) is 0 Å². The first-order valence-electron chi connectivity index (χ1n) is 8.60. The number of aromatic nitrogens is 2. The van der Waals surface area contributed by atoms with Gasteiger partial charge in [-0.15, -0.1) is 0 Å². The summed E-state index contributed by atoms with van der Waals surface area (Å²) >= 11 is 0. The fourth-order valence-corrected chi connectivity index (χ4v) is 2.66. The largest absolute Gasteiger partial charge is 0.486 e. The highest BCUT2D eigenvalue weighted by Gasteiger charge is 2.14. The lowest BCUT2D eigenvalue weighted by Crippen LogP contribution is -2.17. The maximum absolute atomic E-state index is 12.5. The van der Waals surface area contributed by atoms with E-state index in [-0.39, 0.29) is 11.6 Å². The van der Waals surface area contributed by atoms with Crippen molar-refractivity contribution < 1.29 is 14.3 Å². The Bertz CT molecular complexity index is 947. The van der Waals surface area contributed by atoms with E-state index in [1.165, 1.54) is 0 Å². The number of rotatable bonds is 5. The van der Waals surface area contributed by atoms with Gasteiger partial charge in [-0.3, -0.25) is 4.79 Å². The number of hydrogen-bond donors (Lipinski definition) is 2. The van der Waals surface area contributed by atoms with E-state index in [4.69, 9.17) is 9.47 Å². The number of carbonyl (C=O) groups is 1. The van der Waals surface area contributed by atoms with Gasteiger partial charge in [0.1, 0.15) is 18.9 Å². The minimum absolute atomic E-state index is 0.274. The van der Waals surface area contributed by atoms with Crippen LogP contribution in [0.3, 0.4) is 0 Å². The van der Waals surface area contributed by atoms with Crippen LogP contribution >= 0.6 is 0 Å². The first-order chi connectivity index (χ1) is 13.3. The predicted molar refractivity (Wildman–Crippen MR) is 101 cm³/mol. The smallest absolute Gasteiger partial charge is 0.274 e. The van der Waals surface area contributed by atoms with Crippen LogP contribution in [0.5, 0.6) is 11.5 Å². The molecule has 2 N–H and O–H groups in total. The monoisotopic (exact) mass is 362 g/mol. The Morgan fingerprint density at radius 3 is 2.67 bits per heavy atom. The summed E-state index contributed by atoms with van der Waals surface area (Å²) in [7, 11) is 0. The first kappa shape index (κ1) is 16.8. The molecule has 0 saturated carbocycles. The van der Waals surface area contributed by atoms with Crippen molar-refractivity contribution in [1.82, 2.24) is 9.97 Å². The molecule has 7 nitrogen and oxygen atoms in total. The van der Waals surface area contributed by atoms with Gasteiger partial charge in [-0.05, 0) is 23.8 Å². The third-order valence-corrected chi connectivity index (χ3v) is 3.98. The maximum atomic E-state index is 12.5. The van der Waals surface area contributed by atoms with E-state index < -0.39 is 0 Å². The molecule has 4 rings (SSSR count). The number of amides is 1. The second-order valence-corrected chi connectivity index (χ2v) is 5.92. The minimum atomic E-state index is -0.322. The average molecular weight is 362 g/mol. The Kier molecular flexibility index (Phi) is 4.82. The molecule has 1 aromatic heterocycles. The number of benzene rings is 2. The summed E-state index contributed by atoms with van der Waals surface area (Å²) < 4.78 is 11.0. The van der Waals surface area contributed by atoms with Gasteiger partial charge in [-0.2, -0.15) is 0 Å². The number of hydrogen-bond acceptors (Lipinski definition) is 6. The summed E-state index contributed by atoms with van der Waals surface area (Å²) in [6.07, 6.45) is 1.55. The lowest BCUT2D eigenvalue weighted by Gasteiger charge is -2.19. The molecule has 27 heavy (non-hydrogen) atoms. The number of anilines is 2. The van der Waals surface area contributed by atoms with Gasteiger partial charge in [-0.25, -0.2) is 9.97 Å². The third kappa shape index (κ3) is 4.14. The van der Waals surface area contributed by atoms with Gasteiger partial charge in [-0.1, -0.05) is 30.3 Å². The Hall–Kier alpha value is -3.61. The van der Waals surface area contributed by atoms with Crippen molar-refractivity contribution in [2.24, 2.45) is 0 Å². The highest BCUT2D eigenvalue weighted by Crippen LogP contribution is 2.32. The zero-order valence-corrected chi connectivity index (χ0v) is 14.5. The van der Waals surface area contributed by atoms with E-state index in [9.17, 15) is 4.79 Å². The van der Waals surface area contributed by atoms with Crippen LogP contribution in [0, 0.1) is 0 Å². The van der Waals surface area contributed by atoms with E-state index >= 15 is 0 Å². The molecule has 136 valence electrons. The number of nitrogens with one attached hydrogen (secondary N) is 2. The molecule has 1 amide bonds. The van der Waals surface area contributed by atoms with E-state index in [1.54, 1.807) is 30.5 Å². The number of nitrogens with zero attached hydrogens (tertiary/aromatic N) is 2. The molecule has 0 aliphatic carbocycles. The number of fused-ring (bicyclic) bond motifs is 1. The van der Waals surface area contributed by atoms with E-state index in [0.717, 1.165) is 5.56 Å². The molecule has 1 aliphatic rings. The molecular weight excluding hydrogens is 344 g/mol. The summed E-state index contributed by atoms with van der Waals surface area (Å²) in [6, 6.07) is 16.8. The van der Waals surface area contributed by atoms with E-state index in [1.807, 2.05) is 30.3 Å². The van der Waals surface area contributed by atoms with Crippen molar-refractivity contribution in [2.75, 3.05) is 23.8 Å². The second kappa shape index (κ2) is 7.74. The van der Waals surface area contributed by atoms with E-state index in [2.05, 4.69) is 20.6 Å². The molecule has 1 aliphatic heterocycles. The summed E-state index contributed by atoms with van der Waals surface area (Å²) in [5.74, 6) is 1.37. The molecule has 0 unspecified atom stereocenters. The SMILES string of the molecule is O=C(Nc1ccc2c(c1)OCCO2)c1ccnc(NCc2ccccc2)n1. The standard InChI is InChI=1S/C20H18N4O3/c25-19(23-15-6-7-17-18(12-15)27-11-10-26-17)16-8-9-21-20(24-16)22-13-14-4-2-1-3-5-14/h1-9,12H,10-11,13H2,(H,23,25)(H,21,22,24). The van der Waals surface area contributed by atoms with Crippen molar-refractivity contribution in [3.05, 3.63) is 72.1 Å². The Balaban J connectivity index is 1.43. The molecular formula is C20H18N4O3. The average Bonchev–Trinajstić information content (AvgIpc) is 2.73. The Morgan fingerprint density at radius 1 is 1.00 bits per heavy atom. The van der Waals surface area contributed by atoms with Gasteiger partial charge in [0.05, 0.1) is 0 Å². The van der Waals surface area contributed by atoms with Crippen LogP contribution in [0.4, 0.5) is 11.6 Å². The van der Waals surface area contributed by atoms with Crippen LogP contribution in [0.15, 0.2) is 60.8 Å². The highest BCUT2D eigenvalue weighted by molar-refractivity contribution is 6.03. The second-order valence-electron chi connectivity index (χ2n) is 5.92. The molecule has 0 saturated heterocycles. The van der Waals surface area contributed by atoms with Gasteiger partial charge in [0, 0.05) is 24.5 Å². The van der Waals surface area contributed by atoms with E-state index in [0.29, 0.717) is 42.9 Å². The molecule has 0 spiro atoms. The summed E-state index contributed by atoms with van der Waals surface area (Å²) in [4.78, 5) is 21.0. The topological polar surface area (TPSA) is 85.4 Å². The lowest BCUT2D eigenvalue weighted by molar-refractivity contribution is 0.102. The van der Waals surface area contributed by atoms with Crippen LogP contribution in [-0.2, 0) is 6.54 Å². The normalized spacial score (nSPS) is 12.3. The van der Waals surface area contributed by atoms with Crippen molar-refractivity contribution in [3.63, 3.8) is 0 Å². The quantitative estimate of drug-likeness (QED) is 0.725. The molecule has 2 heterocycles. The first-order valence-corrected chi connectivity index (χ1v) is 8.60. The lowest BCUT2D eigenvalue weighted by atomic mass is 10.2. The van der Waals surface area contributed by atoms with Crippen LogP contribution in [0.1, 0.15) is 16.1 Å². The molecule has 0 atom stereocenters. The highest BCUT2D eigenvalue weighted by atomic mass is 16.6. The molecule has 0 radical (unpaired) electrons. The maximum Gasteiger partial charge on any atom is 0.274 e. The van der Waals surface area contributed by atoms with Gasteiger partial charge in [0.15, 0.2) is 11.5 Å². The third-order valence-electron chi connectivity index (χ3n) is 3.98. The minimum Gasteiger partial charge on any atom is -0.486 e. The van der Waals surface area contributed by atoms with Crippen LogP contribution in [-0.4, -0.2) is 29.1 Å². The van der Waals surface area contributed by atoms with Crippen molar-refractivity contribution in [2.45, 2.75) is 6.54 Å². The van der Waals surface area contributed by atoms with Crippen molar-refractivity contribution in [3.8, 4) is 11.5 Å². The number of ether oxygens (including phenoxy) is 2. The van der Waals surface area contributed by atoms with Gasteiger partial charge in [0.2, 0.25) is 5.95 Å². The Labute approximate surface area is 156 Å². The molecule has 0 fully saturated rings. The molecule has 3 aromatic rings. The van der Waals surface area contributed by atoms with Crippen LogP contribution < -0.4 is 20.1 Å². The fourth-order valence-electron chi connectivity index (χ4n) is 2.66. The Morgan fingerprint density at radius 2 is 1.81 bits per heavy atom. The molecule has 7 heteroatoms. The van der Waals surface area contributed by atoms with Gasteiger partial charge in [0.25, 0.3) is 5.91 Å². The van der Waals surface area contributed by atoms with Crippen LogP contribution in [0.25, 0.3) is 0 Å². The summed E-state index contributed by atoms with van der Waals surface area (Å²) in [6.45, 7) is 1.60. The fraction of sp³-hybridized carbons (Fsp3) is 0.150. The number of carbonyl (C=O) groups excluding carboxylic acids is 1.